The molecule has 154 valence electrons. The van der Waals surface area contributed by atoms with Gasteiger partial charge < -0.3 is 15.0 Å². The zero-order valence-corrected chi connectivity index (χ0v) is 19.2. The molecule has 2 aromatic carbocycles. The van der Waals surface area contributed by atoms with Crippen molar-refractivity contribution in [2.45, 2.75) is 13.1 Å². The molecule has 1 N–H and O–H groups in total. The molecular weight excluding hydrogens is 477 g/mol. The van der Waals surface area contributed by atoms with Crippen LogP contribution in [0.1, 0.15) is 11.1 Å². The van der Waals surface area contributed by atoms with Crippen LogP contribution in [0, 0.1) is 0 Å². The molecule has 3 rings (SSSR count). The van der Waals surface area contributed by atoms with Gasteiger partial charge in [0.05, 0.1) is 13.1 Å². The molecule has 0 radical (unpaired) electrons. The van der Waals surface area contributed by atoms with Gasteiger partial charge in [0.15, 0.2) is 5.96 Å². The van der Waals surface area contributed by atoms with Crippen molar-refractivity contribution in [1.82, 2.24) is 20.0 Å². The van der Waals surface area contributed by atoms with Gasteiger partial charge in [0.1, 0.15) is 12.4 Å². The van der Waals surface area contributed by atoms with E-state index < -0.39 is 0 Å². The molecular formula is C22H28IN5O. The Morgan fingerprint density at radius 3 is 2.48 bits per heavy atom. The zero-order chi connectivity index (χ0) is 19.6. The number of para-hydroxylation sites is 1. The fourth-order valence-electron chi connectivity index (χ4n) is 2.93. The van der Waals surface area contributed by atoms with Gasteiger partial charge in [-0.1, -0.05) is 42.5 Å². The van der Waals surface area contributed by atoms with E-state index in [1.165, 1.54) is 11.1 Å². The molecule has 1 heterocycles. The van der Waals surface area contributed by atoms with Crippen molar-refractivity contribution in [3.05, 3.63) is 84.2 Å². The van der Waals surface area contributed by atoms with E-state index in [0.717, 1.165) is 24.8 Å². The molecule has 0 aliphatic heterocycles. The molecule has 1 aromatic heterocycles. The molecule has 0 saturated heterocycles. The molecule has 0 aliphatic rings. The monoisotopic (exact) mass is 505 g/mol. The highest BCUT2D eigenvalue weighted by Gasteiger charge is 2.08. The Kier molecular flexibility index (Phi) is 9.49. The lowest BCUT2D eigenvalue weighted by Gasteiger charge is -2.22. The lowest BCUT2D eigenvalue weighted by Crippen LogP contribution is -2.40. The minimum Gasteiger partial charge on any atom is -0.492 e. The minimum atomic E-state index is 0. The van der Waals surface area contributed by atoms with Crippen molar-refractivity contribution < 1.29 is 4.74 Å². The zero-order valence-electron chi connectivity index (χ0n) is 16.9. The van der Waals surface area contributed by atoms with Crippen LogP contribution in [0.5, 0.6) is 5.75 Å². The first-order valence-electron chi connectivity index (χ1n) is 9.40. The van der Waals surface area contributed by atoms with E-state index in [4.69, 9.17) is 4.74 Å². The van der Waals surface area contributed by atoms with Crippen LogP contribution in [0.2, 0.25) is 0 Å². The molecule has 0 unspecified atom stereocenters. The molecule has 29 heavy (non-hydrogen) atoms. The van der Waals surface area contributed by atoms with Crippen LogP contribution in [-0.2, 0) is 13.1 Å². The summed E-state index contributed by atoms with van der Waals surface area (Å²) in [4.78, 5) is 6.46. The first-order chi connectivity index (χ1) is 13.8. The number of halogens is 1. The quantitative estimate of drug-likeness (QED) is 0.289. The third-order valence-electron chi connectivity index (χ3n) is 4.46. The van der Waals surface area contributed by atoms with Gasteiger partial charge in [-0.15, -0.1) is 24.0 Å². The number of ether oxygens (including phenoxy) is 1. The van der Waals surface area contributed by atoms with Gasteiger partial charge in [-0.3, -0.25) is 9.67 Å². The van der Waals surface area contributed by atoms with Crippen LogP contribution in [-0.4, -0.2) is 47.9 Å². The van der Waals surface area contributed by atoms with Crippen LogP contribution in [0.15, 0.2) is 78.0 Å². The molecule has 0 spiro atoms. The number of nitrogens with one attached hydrogen (secondary N) is 1. The van der Waals surface area contributed by atoms with Gasteiger partial charge in [0.2, 0.25) is 0 Å². The van der Waals surface area contributed by atoms with Crippen LogP contribution in [0.25, 0.3) is 0 Å². The first-order valence-corrected chi connectivity index (χ1v) is 9.40. The van der Waals surface area contributed by atoms with E-state index in [2.05, 4.69) is 44.6 Å². The summed E-state index contributed by atoms with van der Waals surface area (Å²) in [6, 6.07) is 20.2. The summed E-state index contributed by atoms with van der Waals surface area (Å²) >= 11 is 0. The second kappa shape index (κ2) is 12.1. The van der Waals surface area contributed by atoms with Crippen molar-refractivity contribution in [2.75, 3.05) is 27.2 Å². The third kappa shape index (κ3) is 7.08. The van der Waals surface area contributed by atoms with Crippen molar-refractivity contribution in [2.24, 2.45) is 4.99 Å². The molecule has 0 amide bonds. The largest absolute Gasteiger partial charge is 0.492 e. The van der Waals surface area contributed by atoms with Gasteiger partial charge in [0.25, 0.3) is 0 Å². The maximum Gasteiger partial charge on any atom is 0.193 e. The summed E-state index contributed by atoms with van der Waals surface area (Å²) in [6.07, 6.45) is 3.78. The highest BCUT2D eigenvalue weighted by atomic mass is 127. The second-order valence-corrected chi connectivity index (χ2v) is 6.46. The summed E-state index contributed by atoms with van der Waals surface area (Å²) in [5.41, 5.74) is 2.47. The van der Waals surface area contributed by atoms with Crippen LogP contribution < -0.4 is 10.1 Å². The number of aliphatic imine (C=N–C) groups is 1. The molecule has 0 aliphatic carbocycles. The number of hydrogen-bond acceptors (Lipinski definition) is 3. The molecule has 0 atom stereocenters. The minimum absolute atomic E-state index is 0. The van der Waals surface area contributed by atoms with Gasteiger partial charge in [0, 0.05) is 33.0 Å². The summed E-state index contributed by atoms with van der Waals surface area (Å²) < 4.78 is 7.71. The van der Waals surface area contributed by atoms with E-state index in [0.29, 0.717) is 13.2 Å². The summed E-state index contributed by atoms with van der Waals surface area (Å²) in [6.45, 7) is 2.79. The van der Waals surface area contributed by atoms with Crippen molar-refractivity contribution in [3.8, 4) is 5.75 Å². The Morgan fingerprint density at radius 2 is 1.79 bits per heavy atom. The van der Waals surface area contributed by atoms with Crippen LogP contribution in [0.4, 0.5) is 0 Å². The molecule has 0 saturated carbocycles. The molecule has 6 nitrogen and oxygen atoms in total. The van der Waals surface area contributed by atoms with Crippen LogP contribution >= 0.6 is 24.0 Å². The maximum atomic E-state index is 5.78. The number of benzene rings is 2. The average Bonchev–Trinajstić information content (AvgIpc) is 3.23. The normalized spacial score (nSPS) is 10.9. The van der Waals surface area contributed by atoms with Crippen molar-refractivity contribution in [3.63, 3.8) is 0 Å². The van der Waals surface area contributed by atoms with Gasteiger partial charge in [-0.25, -0.2) is 0 Å². The number of aromatic nitrogens is 2. The third-order valence-corrected chi connectivity index (χ3v) is 4.46. The summed E-state index contributed by atoms with van der Waals surface area (Å²) in [5.74, 6) is 1.72. The first kappa shape index (κ1) is 22.7. The van der Waals surface area contributed by atoms with E-state index in [1.807, 2.05) is 54.3 Å². The number of guanidine groups is 1. The molecule has 0 bridgehead atoms. The van der Waals surface area contributed by atoms with E-state index in [1.54, 1.807) is 13.2 Å². The highest BCUT2D eigenvalue weighted by molar-refractivity contribution is 14.0. The summed E-state index contributed by atoms with van der Waals surface area (Å²) in [7, 11) is 3.81. The van der Waals surface area contributed by atoms with E-state index in [-0.39, 0.29) is 24.0 Å². The fourth-order valence-corrected chi connectivity index (χ4v) is 2.93. The van der Waals surface area contributed by atoms with Gasteiger partial charge in [-0.2, -0.15) is 5.10 Å². The average molecular weight is 505 g/mol. The van der Waals surface area contributed by atoms with Gasteiger partial charge >= 0.3 is 0 Å². The van der Waals surface area contributed by atoms with E-state index in [9.17, 15) is 0 Å². The predicted octanol–water partition coefficient (Wildman–Crippen LogP) is 3.64. The molecule has 3 aromatic rings. The fraction of sp³-hybridized carbons (Fsp3) is 0.273. The predicted molar refractivity (Wildman–Crippen MR) is 128 cm³/mol. The topological polar surface area (TPSA) is 54.7 Å². The number of hydrogen-bond donors (Lipinski definition) is 1. The van der Waals surface area contributed by atoms with Gasteiger partial charge in [-0.05, 0) is 29.3 Å². The molecule has 7 heteroatoms. The standard InChI is InChI=1S/C22H27N5O.HI/c1-23-22(26(2)15-16-28-21-11-4-3-5-12-21)24-17-19-9-6-7-10-20(19)18-27-14-8-13-25-27;/h3-14H,15-18H2,1-2H3,(H,23,24);1H. The van der Waals surface area contributed by atoms with Crippen molar-refractivity contribution >= 4 is 29.9 Å². The number of likely N-dealkylation sites (N-methyl/N-ethyl adjacent to an activating group) is 1. The van der Waals surface area contributed by atoms with Crippen LogP contribution in [0.3, 0.4) is 0 Å². The highest BCUT2D eigenvalue weighted by Crippen LogP contribution is 2.11. The Bertz CT molecular complexity index is 868. The SMILES string of the molecule is CN=C(NCc1ccccc1Cn1cccn1)N(C)CCOc1ccccc1.I. The summed E-state index contributed by atoms with van der Waals surface area (Å²) in [5, 5.41) is 7.75. The smallest absolute Gasteiger partial charge is 0.193 e. The van der Waals surface area contributed by atoms with Crippen molar-refractivity contribution in [1.29, 1.82) is 0 Å². The van der Waals surface area contributed by atoms with E-state index >= 15 is 0 Å². The number of rotatable bonds is 8. The lowest BCUT2D eigenvalue weighted by atomic mass is 10.1. The molecule has 0 fully saturated rings. The Labute approximate surface area is 189 Å². The number of nitrogens with zero attached hydrogens (tertiary/aromatic N) is 4. The Balaban J connectivity index is 0.00000300. The Hall–Kier alpha value is -2.55. The lowest BCUT2D eigenvalue weighted by molar-refractivity contribution is 0.281. The maximum absolute atomic E-state index is 5.78. The second-order valence-electron chi connectivity index (χ2n) is 6.46. The Morgan fingerprint density at radius 1 is 1.07 bits per heavy atom.